The second kappa shape index (κ2) is 8.67. The zero-order chi connectivity index (χ0) is 24.6. The number of fused-ring (bicyclic) bond motifs is 2. The minimum absolute atomic E-state index is 0.0226. The monoisotopic (exact) mass is 481 g/mol. The van der Waals surface area contributed by atoms with Gasteiger partial charge >= 0.3 is 12.2 Å². The number of nitrogens with zero attached hydrogens (tertiary/aromatic N) is 2. The van der Waals surface area contributed by atoms with E-state index in [1.54, 1.807) is 24.3 Å². The minimum atomic E-state index is -4.54. The van der Waals surface area contributed by atoms with Crippen molar-refractivity contribution in [3.8, 4) is 5.75 Å². The summed E-state index contributed by atoms with van der Waals surface area (Å²) in [4.78, 5) is 32.8. The van der Waals surface area contributed by atoms with Crippen LogP contribution >= 0.6 is 0 Å². The fourth-order valence-corrected chi connectivity index (χ4v) is 3.74. The van der Waals surface area contributed by atoms with Crippen LogP contribution in [0.4, 0.5) is 35.0 Å². The number of pyridine rings is 1. The number of halogens is 3. The molecule has 0 radical (unpaired) electrons. The van der Waals surface area contributed by atoms with Gasteiger partial charge in [-0.1, -0.05) is 12.1 Å². The summed E-state index contributed by atoms with van der Waals surface area (Å²) >= 11 is 0. The third kappa shape index (κ3) is 4.74. The highest BCUT2D eigenvalue weighted by Crippen LogP contribution is 2.36. The number of aromatic amines is 1. The van der Waals surface area contributed by atoms with Crippen molar-refractivity contribution in [2.75, 3.05) is 22.1 Å². The van der Waals surface area contributed by atoms with Gasteiger partial charge in [0, 0.05) is 35.4 Å². The van der Waals surface area contributed by atoms with Crippen LogP contribution in [0.1, 0.15) is 11.3 Å². The van der Waals surface area contributed by atoms with Crippen LogP contribution in [0.25, 0.3) is 10.9 Å². The van der Waals surface area contributed by atoms with Crippen LogP contribution in [0.5, 0.6) is 5.75 Å². The molecule has 2 aromatic carbocycles. The number of nitrogens with one attached hydrogen (secondary N) is 3. The van der Waals surface area contributed by atoms with Crippen LogP contribution in [0.3, 0.4) is 0 Å². The summed E-state index contributed by atoms with van der Waals surface area (Å²) in [5, 5.41) is 6.49. The van der Waals surface area contributed by atoms with Gasteiger partial charge in [-0.3, -0.25) is 9.78 Å². The lowest BCUT2D eigenvalue weighted by molar-refractivity contribution is -0.141. The molecule has 0 bridgehead atoms. The van der Waals surface area contributed by atoms with Crippen LogP contribution in [0.15, 0.2) is 67.0 Å². The molecule has 35 heavy (non-hydrogen) atoms. The maximum absolute atomic E-state index is 12.8. The second-order valence-electron chi connectivity index (χ2n) is 7.86. The van der Waals surface area contributed by atoms with Gasteiger partial charge in [0.05, 0.1) is 12.2 Å². The number of ether oxygens (including phenoxy) is 1. The number of carbonyl (C=O) groups is 2. The lowest BCUT2D eigenvalue weighted by atomic mass is 10.1. The van der Waals surface area contributed by atoms with Crippen molar-refractivity contribution in [1.82, 2.24) is 9.97 Å². The third-order valence-corrected chi connectivity index (χ3v) is 5.43. The normalized spacial score (nSPS) is 13.3. The van der Waals surface area contributed by atoms with Gasteiger partial charge in [0.25, 0.3) is 5.91 Å². The van der Waals surface area contributed by atoms with Crippen molar-refractivity contribution in [1.29, 1.82) is 0 Å². The summed E-state index contributed by atoms with van der Waals surface area (Å²) in [6.45, 7) is -0.221. The fourth-order valence-electron chi connectivity index (χ4n) is 3.74. The van der Waals surface area contributed by atoms with E-state index < -0.39 is 17.9 Å². The molecule has 0 fully saturated rings. The van der Waals surface area contributed by atoms with Crippen LogP contribution in [0.2, 0.25) is 0 Å². The molecule has 0 aliphatic carbocycles. The third-order valence-electron chi connectivity index (χ3n) is 5.43. The zero-order valence-corrected chi connectivity index (χ0v) is 18.0. The number of anilines is 3. The Kier molecular flexibility index (Phi) is 5.51. The van der Waals surface area contributed by atoms with E-state index in [9.17, 15) is 22.8 Å². The van der Waals surface area contributed by atoms with E-state index in [0.717, 1.165) is 23.2 Å². The Hall–Kier alpha value is -4.54. The molecule has 1 aliphatic heterocycles. The fraction of sp³-hybridized carbons (Fsp3) is 0.125. The van der Waals surface area contributed by atoms with Crippen molar-refractivity contribution in [3.05, 3.63) is 78.2 Å². The van der Waals surface area contributed by atoms with Gasteiger partial charge in [0.15, 0.2) is 6.61 Å². The molecule has 8 nitrogen and oxygen atoms in total. The molecule has 4 aromatic rings. The van der Waals surface area contributed by atoms with Crippen molar-refractivity contribution in [2.45, 2.75) is 12.7 Å². The first-order chi connectivity index (χ1) is 16.8. The number of H-pyrrole nitrogens is 1. The molecule has 1 aliphatic rings. The summed E-state index contributed by atoms with van der Waals surface area (Å²) < 4.78 is 43.8. The summed E-state index contributed by atoms with van der Waals surface area (Å²) in [7, 11) is 0. The highest BCUT2D eigenvalue weighted by atomic mass is 19.4. The Labute approximate surface area is 196 Å². The number of hydrogen-bond donors (Lipinski definition) is 3. The van der Waals surface area contributed by atoms with Crippen LogP contribution in [-0.2, 0) is 17.5 Å². The molecular formula is C24H18F3N5O3. The van der Waals surface area contributed by atoms with Gasteiger partial charge in [-0.25, -0.2) is 4.79 Å². The van der Waals surface area contributed by atoms with Gasteiger partial charge in [-0.05, 0) is 47.3 Å². The van der Waals surface area contributed by atoms with Gasteiger partial charge in [0.2, 0.25) is 0 Å². The number of aromatic nitrogens is 2. The van der Waals surface area contributed by atoms with Crippen LogP contribution in [0, 0.1) is 0 Å². The molecular weight excluding hydrogens is 463 g/mol. The molecule has 3 amide bonds. The van der Waals surface area contributed by atoms with E-state index in [0.29, 0.717) is 28.4 Å². The lowest BCUT2D eigenvalue weighted by Crippen LogP contribution is -2.38. The highest BCUT2D eigenvalue weighted by Gasteiger charge is 2.32. The number of rotatable bonds is 4. The number of hydrogen-bond acceptors (Lipinski definition) is 4. The molecule has 0 unspecified atom stereocenters. The molecule has 0 saturated heterocycles. The summed E-state index contributed by atoms with van der Waals surface area (Å²) in [6.07, 6.45) is -1.63. The number of carbonyl (C=O) groups excluding carboxylic acids is 2. The summed E-state index contributed by atoms with van der Waals surface area (Å²) in [5.74, 6) is 0.00522. The van der Waals surface area contributed by atoms with E-state index in [1.807, 2.05) is 24.4 Å². The summed E-state index contributed by atoms with van der Waals surface area (Å²) in [6, 6.07) is 13.9. The molecule has 3 N–H and O–H groups in total. The maximum atomic E-state index is 12.8. The Morgan fingerprint density at radius 3 is 2.57 bits per heavy atom. The predicted octanol–water partition coefficient (Wildman–Crippen LogP) is 5.15. The van der Waals surface area contributed by atoms with E-state index in [1.165, 1.54) is 11.0 Å². The Bertz CT molecular complexity index is 1420. The second-order valence-corrected chi connectivity index (χ2v) is 7.86. The van der Waals surface area contributed by atoms with Crippen molar-refractivity contribution >= 4 is 39.9 Å². The number of alkyl halides is 3. The summed E-state index contributed by atoms with van der Waals surface area (Å²) in [5.41, 5.74) is 1.79. The van der Waals surface area contributed by atoms with Gasteiger partial charge in [0.1, 0.15) is 11.4 Å². The Morgan fingerprint density at radius 1 is 1.06 bits per heavy atom. The number of urea groups is 1. The Morgan fingerprint density at radius 2 is 1.83 bits per heavy atom. The molecule has 0 spiro atoms. The standard InChI is InChI=1S/C24H18F3N5O3/c25-24(26,27)21-6-1-14(11-29-21)12-32-19-5-4-17(10-20(19)35-13-22(32)33)31-23(34)30-16-3-2-15-7-8-28-18(15)9-16/h1-11,28H,12-13H2,(H2,30,31,34). The first-order valence-electron chi connectivity index (χ1n) is 10.5. The van der Waals surface area contributed by atoms with Gasteiger partial charge in [-0.2, -0.15) is 13.2 Å². The van der Waals surface area contributed by atoms with E-state index >= 15 is 0 Å². The zero-order valence-electron chi connectivity index (χ0n) is 18.0. The molecule has 11 heteroatoms. The molecule has 0 saturated carbocycles. The lowest BCUT2D eigenvalue weighted by Gasteiger charge is -2.29. The quantitative estimate of drug-likeness (QED) is 0.375. The molecule has 3 heterocycles. The highest BCUT2D eigenvalue weighted by molar-refractivity contribution is 6.02. The largest absolute Gasteiger partial charge is 0.481 e. The number of benzene rings is 2. The van der Waals surface area contributed by atoms with E-state index in [4.69, 9.17) is 4.74 Å². The van der Waals surface area contributed by atoms with Gasteiger partial charge < -0.3 is 25.3 Å². The average Bonchev–Trinajstić information content (AvgIpc) is 3.28. The topological polar surface area (TPSA) is 99.3 Å². The number of amides is 3. The van der Waals surface area contributed by atoms with Crippen LogP contribution < -0.4 is 20.3 Å². The minimum Gasteiger partial charge on any atom is -0.481 e. The van der Waals surface area contributed by atoms with E-state index in [2.05, 4.69) is 20.6 Å². The Balaban J connectivity index is 1.29. The smallest absolute Gasteiger partial charge is 0.433 e. The molecule has 2 aromatic heterocycles. The first kappa shape index (κ1) is 22.3. The van der Waals surface area contributed by atoms with Crippen molar-refractivity contribution in [2.24, 2.45) is 0 Å². The molecule has 5 rings (SSSR count). The molecule has 0 atom stereocenters. The first-order valence-corrected chi connectivity index (χ1v) is 10.5. The molecule has 178 valence electrons. The van der Waals surface area contributed by atoms with Crippen LogP contribution in [-0.4, -0.2) is 28.5 Å². The van der Waals surface area contributed by atoms with Crippen molar-refractivity contribution in [3.63, 3.8) is 0 Å². The average molecular weight is 481 g/mol. The van der Waals surface area contributed by atoms with Gasteiger partial charge in [-0.15, -0.1) is 0 Å². The maximum Gasteiger partial charge on any atom is 0.433 e. The van der Waals surface area contributed by atoms with Crippen molar-refractivity contribution < 1.29 is 27.5 Å². The van der Waals surface area contributed by atoms with E-state index in [-0.39, 0.29) is 19.1 Å². The predicted molar refractivity (Wildman–Crippen MR) is 123 cm³/mol. The SMILES string of the molecule is O=C(Nc1ccc2c(c1)OCC(=O)N2Cc1ccc(C(F)(F)F)nc1)Nc1ccc2cc[nH]c2c1.